The Hall–Kier alpha value is -1.95. The van der Waals surface area contributed by atoms with Crippen LogP contribution in [0.15, 0.2) is 24.3 Å². The average Bonchev–Trinajstić information content (AvgIpc) is 2.17. The summed E-state index contributed by atoms with van der Waals surface area (Å²) < 4.78 is 5.22. The van der Waals surface area contributed by atoms with Gasteiger partial charge in [-0.2, -0.15) is 0 Å². The molecule has 0 aromatic heterocycles. The number of carboxylic acid groups (broad SMARTS) is 1. The van der Waals surface area contributed by atoms with Crippen molar-refractivity contribution in [2.24, 2.45) is 0 Å². The van der Waals surface area contributed by atoms with E-state index in [4.69, 9.17) is 9.84 Å². The van der Waals surface area contributed by atoms with Gasteiger partial charge in [0.05, 0.1) is 6.61 Å². The van der Waals surface area contributed by atoms with Gasteiger partial charge in [-0.25, -0.2) is 4.79 Å². The van der Waals surface area contributed by atoms with Crippen LogP contribution in [0.4, 0.5) is 0 Å². The highest BCUT2D eigenvalue weighted by Crippen LogP contribution is 2.10. The lowest BCUT2D eigenvalue weighted by atomic mass is 10.2. The molecular formula is C11H10O3. The molecule has 0 unspecified atom stereocenters. The zero-order valence-corrected chi connectivity index (χ0v) is 7.78. The van der Waals surface area contributed by atoms with Crippen LogP contribution in [-0.2, 0) is 4.79 Å². The van der Waals surface area contributed by atoms with Crippen molar-refractivity contribution in [1.82, 2.24) is 0 Å². The van der Waals surface area contributed by atoms with Crippen molar-refractivity contribution in [2.45, 2.75) is 6.92 Å². The summed E-state index contributed by atoms with van der Waals surface area (Å²) in [5.41, 5.74) is 0.663. The second-order valence-electron chi connectivity index (χ2n) is 2.51. The Labute approximate surface area is 82.3 Å². The smallest absolute Gasteiger partial charge is 0.382 e. The van der Waals surface area contributed by atoms with Gasteiger partial charge in [0.2, 0.25) is 0 Å². The molecule has 0 saturated carbocycles. The van der Waals surface area contributed by atoms with Crippen LogP contribution in [-0.4, -0.2) is 17.7 Å². The van der Waals surface area contributed by atoms with E-state index < -0.39 is 5.97 Å². The van der Waals surface area contributed by atoms with E-state index in [1.807, 2.05) is 12.8 Å². The van der Waals surface area contributed by atoms with Crippen LogP contribution in [0.25, 0.3) is 0 Å². The van der Waals surface area contributed by atoms with Gasteiger partial charge in [-0.1, -0.05) is 5.92 Å². The third-order valence-corrected chi connectivity index (χ3v) is 1.48. The molecule has 0 saturated heterocycles. The van der Waals surface area contributed by atoms with Gasteiger partial charge < -0.3 is 9.84 Å². The summed E-state index contributed by atoms with van der Waals surface area (Å²) in [4.78, 5) is 10.1. The highest BCUT2D eigenvalue weighted by Gasteiger charge is 1.91. The SMILES string of the molecule is CCOc1ccc(C#CC(=O)O)cc1. The molecule has 14 heavy (non-hydrogen) atoms. The summed E-state index contributed by atoms with van der Waals surface area (Å²) in [6.07, 6.45) is 0. The van der Waals surface area contributed by atoms with E-state index in [0.29, 0.717) is 12.2 Å². The van der Waals surface area contributed by atoms with Crippen molar-refractivity contribution in [3.05, 3.63) is 29.8 Å². The van der Waals surface area contributed by atoms with E-state index in [1.165, 1.54) is 0 Å². The van der Waals surface area contributed by atoms with E-state index in [9.17, 15) is 4.79 Å². The number of rotatable bonds is 2. The van der Waals surface area contributed by atoms with Crippen LogP contribution in [0, 0.1) is 11.8 Å². The Morgan fingerprint density at radius 3 is 2.57 bits per heavy atom. The summed E-state index contributed by atoms with van der Waals surface area (Å²) in [5.74, 6) is 4.18. The molecule has 1 rings (SSSR count). The first-order valence-electron chi connectivity index (χ1n) is 4.20. The number of ether oxygens (including phenoxy) is 1. The lowest BCUT2D eigenvalue weighted by Gasteiger charge is -2.00. The number of hydrogen-bond donors (Lipinski definition) is 1. The highest BCUT2D eigenvalue weighted by molar-refractivity contribution is 5.87. The van der Waals surface area contributed by atoms with Crippen LogP contribution >= 0.6 is 0 Å². The van der Waals surface area contributed by atoms with E-state index in [2.05, 4.69) is 5.92 Å². The van der Waals surface area contributed by atoms with Crippen molar-refractivity contribution in [1.29, 1.82) is 0 Å². The van der Waals surface area contributed by atoms with E-state index in [0.717, 1.165) is 5.75 Å². The standard InChI is InChI=1S/C11H10O3/c1-2-14-10-6-3-9(4-7-10)5-8-11(12)13/h3-4,6-7H,2H2,1H3,(H,12,13). The molecular weight excluding hydrogens is 180 g/mol. The monoisotopic (exact) mass is 190 g/mol. The van der Waals surface area contributed by atoms with Gasteiger partial charge in [-0.05, 0) is 31.2 Å². The molecule has 3 nitrogen and oxygen atoms in total. The van der Waals surface area contributed by atoms with Crippen molar-refractivity contribution in [2.75, 3.05) is 6.61 Å². The van der Waals surface area contributed by atoms with Crippen LogP contribution < -0.4 is 4.74 Å². The molecule has 0 heterocycles. The Balaban J connectivity index is 2.75. The summed E-state index contributed by atoms with van der Waals surface area (Å²) in [7, 11) is 0. The number of aliphatic carboxylic acids is 1. The average molecular weight is 190 g/mol. The van der Waals surface area contributed by atoms with Crippen LogP contribution in [0.5, 0.6) is 5.75 Å². The summed E-state index contributed by atoms with van der Waals surface area (Å²) in [6.45, 7) is 2.51. The molecule has 0 aliphatic heterocycles. The molecule has 3 heteroatoms. The molecule has 72 valence electrons. The number of carbonyl (C=O) groups is 1. The third kappa shape index (κ3) is 3.20. The Kier molecular flexibility index (Phi) is 3.57. The Morgan fingerprint density at radius 2 is 2.07 bits per heavy atom. The summed E-state index contributed by atoms with van der Waals surface area (Å²) in [5, 5.41) is 8.32. The molecule has 0 atom stereocenters. The third-order valence-electron chi connectivity index (χ3n) is 1.48. The minimum Gasteiger partial charge on any atom is -0.494 e. The molecule has 0 fully saturated rings. The maximum atomic E-state index is 10.1. The Morgan fingerprint density at radius 1 is 1.43 bits per heavy atom. The maximum absolute atomic E-state index is 10.1. The molecule has 1 aromatic carbocycles. The van der Waals surface area contributed by atoms with Gasteiger partial charge in [0, 0.05) is 11.5 Å². The second kappa shape index (κ2) is 4.93. The van der Waals surface area contributed by atoms with E-state index in [1.54, 1.807) is 24.3 Å². The predicted octanol–water partition coefficient (Wildman–Crippen LogP) is 1.52. The molecule has 0 bridgehead atoms. The minimum atomic E-state index is -1.13. The van der Waals surface area contributed by atoms with Gasteiger partial charge >= 0.3 is 5.97 Å². The summed E-state index contributed by atoms with van der Waals surface area (Å²) >= 11 is 0. The predicted molar refractivity (Wildman–Crippen MR) is 52.1 cm³/mol. The quantitative estimate of drug-likeness (QED) is 0.719. The number of carboxylic acids is 1. The topological polar surface area (TPSA) is 46.5 Å². The van der Waals surface area contributed by atoms with Crippen LogP contribution in [0.1, 0.15) is 12.5 Å². The summed E-state index contributed by atoms with van der Waals surface area (Å²) in [6, 6.07) is 6.96. The van der Waals surface area contributed by atoms with E-state index >= 15 is 0 Å². The second-order valence-corrected chi connectivity index (χ2v) is 2.51. The van der Waals surface area contributed by atoms with Crippen LogP contribution in [0.3, 0.4) is 0 Å². The van der Waals surface area contributed by atoms with Crippen molar-refractivity contribution >= 4 is 5.97 Å². The molecule has 0 aliphatic rings. The zero-order chi connectivity index (χ0) is 10.4. The fourth-order valence-corrected chi connectivity index (χ4v) is 0.927. The van der Waals surface area contributed by atoms with Crippen LogP contribution in [0.2, 0.25) is 0 Å². The lowest BCUT2D eigenvalue weighted by molar-refractivity contribution is -0.130. The first kappa shape index (κ1) is 10.1. The zero-order valence-electron chi connectivity index (χ0n) is 7.78. The molecule has 1 N–H and O–H groups in total. The van der Waals surface area contributed by atoms with E-state index in [-0.39, 0.29) is 0 Å². The van der Waals surface area contributed by atoms with Crippen molar-refractivity contribution < 1.29 is 14.6 Å². The molecule has 1 aromatic rings. The maximum Gasteiger partial charge on any atom is 0.382 e. The Bertz CT molecular complexity index is 368. The fraction of sp³-hybridized carbons (Fsp3) is 0.182. The molecule has 0 spiro atoms. The van der Waals surface area contributed by atoms with Gasteiger partial charge in [0.15, 0.2) is 0 Å². The van der Waals surface area contributed by atoms with Gasteiger partial charge in [-0.15, -0.1) is 0 Å². The highest BCUT2D eigenvalue weighted by atomic mass is 16.5. The molecule has 0 aliphatic carbocycles. The number of hydrogen-bond acceptors (Lipinski definition) is 2. The van der Waals surface area contributed by atoms with Gasteiger partial charge in [-0.3, -0.25) is 0 Å². The van der Waals surface area contributed by atoms with Crippen molar-refractivity contribution in [3.63, 3.8) is 0 Å². The minimum absolute atomic E-state index is 0.611. The number of benzene rings is 1. The first-order chi connectivity index (χ1) is 6.72. The molecule has 0 amide bonds. The first-order valence-corrected chi connectivity index (χ1v) is 4.20. The van der Waals surface area contributed by atoms with Gasteiger partial charge in [0.25, 0.3) is 0 Å². The lowest BCUT2D eigenvalue weighted by Crippen LogP contribution is -1.91. The van der Waals surface area contributed by atoms with Gasteiger partial charge in [0.1, 0.15) is 5.75 Å². The normalized spacial score (nSPS) is 8.64. The van der Waals surface area contributed by atoms with Crippen molar-refractivity contribution in [3.8, 4) is 17.6 Å². The largest absolute Gasteiger partial charge is 0.494 e. The fourth-order valence-electron chi connectivity index (χ4n) is 0.927. The molecule has 0 radical (unpaired) electrons.